The van der Waals surface area contributed by atoms with E-state index in [2.05, 4.69) is 10.0 Å². The van der Waals surface area contributed by atoms with Crippen molar-refractivity contribution in [1.82, 2.24) is 4.90 Å². The van der Waals surface area contributed by atoms with Crippen molar-refractivity contribution in [3.63, 3.8) is 0 Å². The fraction of sp³-hybridized carbons (Fsp3) is 0.296. The normalized spacial score (nSPS) is 12.7. The van der Waals surface area contributed by atoms with Crippen molar-refractivity contribution in [3.8, 4) is 5.75 Å². The summed E-state index contributed by atoms with van der Waals surface area (Å²) < 4.78 is 43.3. The van der Waals surface area contributed by atoms with E-state index in [1.165, 1.54) is 54.8 Å². The second-order valence-corrected chi connectivity index (χ2v) is 11.4. The minimum Gasteiger partial charge on any atom is -0.497 e. The Bertz CT molecular complexity index is 1500. The summed E-state index contributed by atoms with van der Waals surface area (Å²) in [4.78, 5) is 40.5. The molecule has 0 spiro atoms. The van der Waals surface area contributed by atoms with Crippen LogP contribution >= 0.6 is 11.3 Å². The van der Waals surface area contributed by atoms with E-state index in [0.717, 1.165) is 10.4 Å². The molecule has 4 rings (SSSR count). The molecule has 2 N–H and O–H groups in total. The van der Waals surface area contributed by atoms with E-state index in [-0.39, 0.29) is 41.5 Å². The van der Waals surface area contributed by atoms with Crippen LogP contribution in [-0.4, -0.2) is 58.2 Å². The van der Waals surface area contributed by atoms with Gasteiger partial charge in [0.2, 0.25) is 0 Å². The number of thiophene rings is 1. The van der Waals surface area contributed by atoms with Crippen LogP contribution in [0.2, 0.25) is 0 Å². The zero-order valence-corrected chi connectivity index (χ0v) is 23.8. The van der Waals surface area contributed by atoms with Crippen molar-refractivity contribution in [2.75, 3.05) is 36.9 Å². The van der Waals surface area contributed by atoms with Crippen LogP contribution in [0, 0.1) is 0 Å². The molecule has 2 aromatic carbocycles. The van der Waals surface area contributed by atoms with Gasteiger partial charge < -0.3 is 24.4 Å². The molecule has 0 unspecified atom stereocenters. The van der Waals surface area contributed by atoms with Gasteiger partial charge in [-0.25, -0.2) is 18.0 Å². The molecule has 40 heavy (non-hydrogen) atoms. The number of hydrogen-bond donors (Lipinski definition) is 2. The van der Waals surface area contributed by atoms with E-state index in [0.29, 0.717) is 23.7 Å². The van der Waals surface area contributed by atoms with Crippen LogP contribution in [0.5, 0.6) is 5.75 Å². The molecule has 0 aliphatic carbocycles. The maximum Gasteiger partial charge on any atom is 0.410 e. The van der Waals surface area contributed by atoms with Crippen LogP contribution in [0.3, 0.4) is 0 Å². The molecule has 212 valence electrons. The molecule has 1 aliphatic heterocycles. The van der Waals surface area contributed by atoms with E-state index in [4.69, 9.17) is 14.2 Å². The standard InChI is InChI=1S/C27H29N3O8S2/c1-4-37-26(32)23-21-14-15-30(27(33)38-5-2)16-22(21)39-25(23)28-24(31)17-6-8-18(9-7-17)29-40(34,35)20-12-10-19(36-3)11-13-20/h6-13,29H,4-5,14-16H2,1-3H3,(H,28,31). The summed E-state index contributed by atoms with van der Waals surface area (Å²) >= 11 is 1.21. The summed E-state index contributed by atoms with van der Waals surface area (Å²) in [5.74, 6) is -0.512. The van der Waals surface area contributed by atoms with E-state index in [9.17, 15) is 22.8 Å². The maximum absolute atomic E-state index is 13.1. The third-order valence-electron chi connectivity index (χ3n) is 6.06. The van der Waals surface area contributed by atoms with Crippen molar-refractivity contribution >= 4 is 50.0 Å². The number of nitrogens with one attached hydrogen (secondary N) is 2. The van der Waals surface area contributed by atoms with Gasteiger partial charge in [-0.3, -0.25) is 9.52 Å². The topological polar surface area (TPSA) is 140 Å². The lowest BCUT2D eigenvalue weighted by Gasteiger charge is -2.26. The number of anilines is 2. The molecule has 0 radical (unpaired) electrons. The molecule has 0 atom stereocenters. The van der Waals surface area contributed by atoms with E-state index in [1.54, 1.807) is 30.9 Å². The highest BCUT2D eigenvalue weighted by atomic mass is 32.2. The summed E-state index contributed by atoms with van der Waals surface area (Å²) in [6, 6.07) is 11.8. The first-order valence-electron chi connectivity index (χ1n) is 12.5. The molecule has 2 amide bonds. The second-order valence-electron chi connectivity index (χ2n) is 8.61. The summed E-state index contributed by atoms with van der Waals surface area (Å²) in [5.41, 5.74) is 1.54. The number of hydrogen-bond acceptors (Lipinski definition) is 9. The molecule has 3 aromatic rings. The number of rotatable bonds is 9. The van der Waals surface area contributed by atoms with Gasteiger partial charge in [0.15, 0.2) is 0 Å². The molecular weight excluding hydrogens is 558 g/mol. The summed E-state index contributed by atoms with van der Waals surface area (Å²) in [6.07, 6.45) is -0.0231. The lowest BCUT2D eigenvalue weighted by Crippen LogP contribution is -2.36. The number of carbonyl (C=O) groups is 3. The fourth-order valence-electron chi connectivity index (χ4n) is 4.12. The zero-order chi connectivity index (χ0) is 28.9. The van der Waals surface area contributed by atoms with Crippen LogP contribution in [0.1, 0.15) is 45.0 Å². The van der Waals surface area contributed by atoms with Crippen LogP contribution in [0.4, 0.5) is 15.5 Å². The van der Waals surface area contributed by atoms with Gasteiger partial charge in [-0.1, -0.05) is 0 Å². The second kappa shape index (κ2) is 12.4. The van der Waals surface area contributed by atoms with E-state index < -0.39 is 28.0 Å². The molecule has 0 saturated heterocycles. The largest absolute Gasteiger partial charge is 0.497 e. The summed E-state index contributed by atoms with van der Waals surface area (Å²) in [7, 11) is -2.36. The van der Waals surface area contributed by atoms with Gasteiger partial charge >= 0.3 is 12.1 Å². The number of fused-ring (bicyclic) bond motifs is 1. The molecule has 1 aliphatic rings. The van der Waals surface area contributed by atoms with Crippen LogP contribution < -0.4 is 14.8 Å². The monoisotopic (exact) mass is 587 g/mol. The van der Waals surface area contributed by atoms with Crippen molar-refractivity contribution < 1.29 is 37.0 Å². The zero-order valence-electron chi connectivity index (χ0n) is 22.2. The number of sulfonamides is 1. The smallest absolute Gasteiger partial charge is 0.410 e. The Hall–Kier alpha value is -4.10. The number of carbonyl (C=O) groups excluding carboxylic acids is 3. The van der Waals surface area contributed by atoms with Gasteiger partial charge in [0, 0.05) is 22.7 Å². The molecule has 1 aromatic heterocycles. The van der Waals surface area contributed by atoms with Crippen LogP contribution in [0.15, 0.2) is 53.4 Å². The SMILES string of the molecule is CCOC(=O)c1c(NC(=O)c2ccc(NS(=O)(=O)c3ccc(OC)cc3)cc2)sc2c1CCN(C(=O)OCC)C2. The summed E-state index contributed by atoms with van der Waals surface area (Å²) in [6.45, 7) is 4.47. The fourth-order valence-corrected chi connectivity index (χ4v) is 6.42. The van der Waals surface area contributed by atoms with Gasteiger partial charge in [0.25, 0.3) is 15.9 Å². The molecule has 0 fully saturated rings. The average Bonchev–Trinajstić information content (AvgIpc) is 3.30. The molecule has 11 nitrogen and oxygen atoms in total. The Morgan fingerprint density at radius 3 is 2.27 bits per heavy atom. The first-order valence-corrected chi connectivity index (χ1v) is 14.8. The highest BCUT2D eigenvalue weighted by molar-refractivity contribution is 7.92. The van der Waals surface area contributed by atoms with Gasteiger partial charge in [0.1, 0.15) is 10.8 Å². The number of nitrogens with zero attached hydrogens (tertiary/aromatic N) is 1. The van der Waals surface area contributed by atoms with Gasteiger partial charge in [0.05, 0.1) is 37.3 Å². The summed E-state index contributed by atoms with van der Waals surface area (Å²) in [5, 5.41) is 3.11. The Morgan fingerprint density at radius 1 is 0.975 bits per heavy atom. The van der Waals surface area contributed by atoms with Crippen molar-refractivity contribution in [2.45, 2.75) is 31.7 Å². The Kier molecular flexibility index (Phi) is 8.95. The van der Waals surface area contributed by atoms with Gasteiger partial charge in [-0.15, -0.1) is 11.3 Å². The molecule has 0 bridgehead atoms. The van der Waals surface area contributed by atoms with Gasteiger partial charge in [-0.05, 0) is 74.4 Å². The Morgan fingerprint density at radius 2 is 1.65 bits per heavy atom. The third-order valence-corrected chi connectivity index (χ3v) is 8.59. The lowest BCUT2D eigenvalue weighted by molar-refractivity contribution is 0.0526. The highest BCUT2D eigenvalue weighted by Crippen LogP contribution is 2.38. The molecule has 13 heteroatoms. The van der Waals surface area contributed by atoms with Crippen LogP contribution in [-0.2, 0) is 32.5 Å². The van der Waals surface area contributed by atoms with Crippen molar-refractivity contribution in [3.05, 3.63) is 70.1 Å². The highest BCUT2D eigenvalue weighted by Gasteiger charge is 2.31. The minimum absolute atomic E-state index is 0.0600. The minimum atomic E-state index is -3.85. The average molecular weight is 588 g/mol. The van der Waals surface area contributed by atoms with Crippen LogP contribution in [0.25, 0.3) is 0 Å². The van der Waals surface area contributed by atoms with E-state index >= 15 is 0 Å². The molecule has 2 heterocycles. The molecular formula is C27H29N3O8S2. The molecule has 0 saturated carbocycles. The maximum atomic E-state index is 13.1. The van der Waals surface area contributed by atoms with Crippen molar-refractivity contribution in [2.24, 2.45) is 0 Å². The quantitative estimate of drug-likeness (QED) is 0.349. The number of methoxy groups -OCH3 is 1. The Balaban J connectivity index is 1.51. The van der Waals surface area contributed by atoms with Crippen molar-refractivity contribution in [1.29, 1.82) is 0 Å². The predicted octanol–water partition coefficient (Wildman–Crippen LogP) is 4.50. The number of benzene rings is 2. The Labute approximate surface area is 236 Å². The van der Waals surface area contributed by atoms with Gasteiger partial charge in [-0.2, -0.15) is 0 Å². The number of amides is 2. The first kappa shape index (κ1) is 28.9. The number of ether oxygens (including phenoxy) is 3. The van der Waals surface area contributed by atoms with E-state index in [1.807, 2.05) is 0 Å². The predicted molar refractivity (Wildman–Crippen MR) is 150 cm³/mol. The third kappa shape index (κ3) is 6.37. The lowest BCUT2D eigenvalue weighted by atomic mass is 10.0. The number of esters is 1. The first-order chi connectivity index (χ1) is 19.2.